The van der Waals surface area contributed by atoms with Gasteiger partial charge in [-0.1, -0.05) is 11.8 Å². The highest BCUT2D eigenvalue weighted by molar-refractivity contribution is 8.05. The second-order valence-electron chi connectivity index (χ2n) is 8.88. The Hall–Kier alpha value is -3.53. The molecule has 0 aliphatic carbocycles. The zero-order chi connectivity index (χ0) is 24.6. The Morgan fingerprint density at radius 2 is 1.71 bits per heavy atom. The van der Waals surface area contributed by atoms with Gasteiger partial charge in [0.05, 0.1) is 6.54 Å². The largest absolute Gasteiger partial charge is 0.398 e. The number of nitrogens with two attached hydrogens (primary N) is 2. The molecule has 9 nitrogen and oxygen atoms in total. The predicted octanol–water partition coefficient (Wildman–Crippen LogP) is 2.52. The Bertz CT molecular complexity index is 1150. The predicted molar refractivity (Wildman–Crippen MR) is 140 cm³/mol. The van der Waals surface area contributed by atoms with Gasteiger partial charge in [-0.25, -0.2) is 4.79 Å². The van der Waals surface area contributed by atoms with E-state index < -0.39 is 10.8 Å². The van der Waals surface area contributed by atoms with E-state index in [4.69, 9.17) is 11.5 Å². The fourth-order valence-electron chi connectivity index (χ4n) is 4.10. The van der Waals surface area contributed by atoms with Crippen LogP contribution in [-0.2, 0) is 9.67 Å². The summed E-state index contributed by atoms with van der Waals surface area (Å²) in [6.45, 7) is 0.910. The van der Waals surface area contributed by atoms with Gasteiger partial charge in [-0.15, -0.1) is 0 Å². The number of primary amides is 1. The molecule has 2 heterocycles. The van der Waals surface area contributed by atoms with Gasteiger partial charge in [-0.2, -0.15) is 0 Å². The molecule has 2 aliphatic heterocycles. The normalized spacial score (nSPS) is 19.4. The van der Waals surface area contributed by atoms with Gasteiger partial charge in [0.2, 0.25) is 0 Å². The van der Waals surface area contributed by atoms with E-state index in [0.29, 0.717) is 30.8 Å². The maximum absolute atomic E-state index is 12.9. The minimum atomic E-state index is -1.21. The average Bonchev–Trinajstić information content (AvgIpc) is 3.19. The molecule has 6 N–H and O–H groups in total. The molecular formula is C24H31N7O2S. The van der Waals surface area contributed by atoms with Gasteiger partial charge in [0.1, 0.15) is 0 Å². The maximum atomic E-state index is 12.9. The van der Waals surface area contributed by atoms with Crippen LogP contribution in [0.25, 0.3) is 0 Å². The van der Waals surface area contributed by atoms with Gasteiger partial charge >= 0.3 is 6.03 Å². The van der Waals surface area contributed by atoms with Gasteiger partial charge in [0.25, 0.3) is 5.91 Å². The molecular weight excluding hydrogens is 450 g/mol. The number of anilines is 4. The molecule has 10 heteroatoms. The fourth-order valence-corrected chi connectivity index (χ4v) is 5.52. The topological polar surface area (TPSA) is 120 Å². The third-order valence-corrected chi connectivity index (χ3v) is 7.56. The van der Waals surface area contributed by atoms with Crippen molar-refractivity contribution in [2.45, 2.75) is 11.3 Å². The van der Waals surface area contributed by atoms with Crippen LogP contribution in [0.1, 0.15) is 12.0 Å². The quantitative estimate of drug-likeness (QED) is 0.485. The number of nitrogens with zero attached hydrogens (tertiary/aromatic N) is 3. The number of amides is 3. The Labute approximate surface area is 204 Å². The lowest BCUT2D eigenvalue weighted by molar-refractivity contribution is -0.121. The van der Waals surface area contributed by atoms with E-state index in [1.165, 1.54) is 11.8 Å². The SMILES string of the molecule is CN(C)c1ccc(NC(=O)N2CCC3=C(C2)SC(C(N)=O)(c2cc(N(C)C)ccc2N)N3)cc1. The minimum Gasteiger partial charge on any atom is -0.398 e. The van der Waals surface area contributed by atoms with Crippen LogP contribution >= 0.6 is 11.8 Å². The first-order valence-electron chi connectivity index (χ1n) is 11.0. The Morgan fingerprint density at radius 1 is 1.06 bits per heavy atom. The number of nitrogens with one attached hydrogen (secondary N) is 2. The van der Waals surface area contributed by atoms with Crippen LogP contribution in [0.5, 0.6) is 0 Å². The van der Waals surface area contributed by atoms with Crippen molar-refractivity contribution in [1.82, 2.24) is 10.2 Å². The number of rotatable bonds is 5. The van der Waals surface area contributed by atoms with Crippen molar-refractivity contribution in [3.05, 3.63) is 58.6 Å². The summed E-state index contributed by atoms with van der Waals surface area (Å²) in [5, 5.41) is 6.32. The van der Waals surface area contributed by atoms with Crippen molar-refractivity contribution in [3.63, 3.8) is 0 Å². The zero-order valence-corrected chi connectivity index (χ0v) is 20.7. The molecule has 0 spiro atoms. The van der Waals surface area contributed by atoms with Gasteiger partial charge in [0, 0.05) is 80.1 Å². The number of thioether (sulfide) groups is 1. The van der Waals surface area contributed by atoms with E-state index in [9.17, 15) is 9.59 Å². The maximum Gasteiger partial charge on any atom is 0.322 e. The van der Waals surface area contributed by atoms with E-state index in [1.807, 2.05) is 74.4 Å². The number of hydrogen-bond donors (Lipinski definition) is 4. The lowest BCUT2D eigenvalue weighted by atomic mass is 10.0. The highest BCUT2D eigenvalue weighted by Crippen LogP contribution is 2.50. The molecule has 1 atom stereocenters. The molecule has 1 unspecified atom stereocenters. The Balaban J connectivity index is 1.52. The zero-order valence-electron chi connectivity index (χ0n) is 19.9. The molecule has 2 aliphatic rings. The van der Waals surface area contributed by atoms with Gasteiger partial charge in [-0.3, -0.25) is 4.79 Å². The summed E-state index contributed by atoms with van der Waals surface area (Å²) >= 11 is 1.34. The fraction of sp³-hybridized carbons (Fsp3) is 0.333. The van der Waals surface area contributed by atoms with E-state index in [1.54, 1.807) is 11.0 Å². The molecule has 180 valence electrons. The third kappa shape index (κ3) is 4.33. The third-order valence-electron chi connectivity index (χ3n) is 6.11. The van der Waals surface area contributed by atoms with E-state index >= 15 is 0 Å². The molecule has 0 fully saturated rings. The summed E-state index contributed by atoms with van der Waals surface area (Å²) in [5.41, 5.74) is 17.0. The van der Waals surface area contributed by atoms with E-state index in [-0.39, 0.29) is 6.03 Å². The van der Waals surface area contributed by atoms with Crippen molar-refractivity contribution in [1.29, 1.82) is 0 Å². The lowest BCUT2D eigenvalue weighted by Gasteiger charge is -2.29. The first kappa shape index (κ1) is 23.6. The van der Waals surface area contributed by atoms with Crippen LogP contribution in [0, 0.1) is 0 Å². The van der Waals surface area contributed by atoms with Crippen molar-refractivity contribution in [2.75, 3.05) is 62.1 Å². The molecule has 4 rings (SSSR count). The van der Waals surface area contributed by atoms with Crippen LogP contribution in [0.4, 0.5) is 27.5 Å². The summed E-state index contributed by atoms with van der Waals surface area (Å²) in [6, 6.07) is 13.1. The van der Waals surface area contributed by atoms with Crippen molar-refractivity contribution in [3.8, 4) is 0 Å². The van der Waals surface area contributed by atoms with E-state index in [0.717, 1.165) is 27.7 Å². The number of carbonyl (C=O) groups is 2. The minimum absolute atomic E-state index is 0.185. The second-order valence-corrected chi connectivity index (χ2v) is 10.2. The second kappa shape index (κ2) is 9.02. The van der Waals surface area contributed by atoms with Crippen LogP contribution in [0.2, 0.25) is 0 Å². The number of hydrogen-bond acceptors (Lipinski definition) is 7. The monoisotopic (exact) mass is 481 g/mol. The summed E-state index contributed by atoms with van der Waals surface area (Å²) in [5.74, 6) is -0.522. The lowest BCUT2D eigenvalue weighted by Crippen LogP contribution is -2.47. The Kier molecular flexibility index (Phi) is 6.26. The number of urea groups is 1. The highest BCUT2D eigenvalue weighted by Gasteiger charge is 2.48. The molecule has 2 aromatic carbocycles. The summed E-state index contributed by atoms with van der Waals surface area (Å²) in [7, 11) is 7.79. The molecule has 34 heavy (non-hydrogen) atoms. The summed E-state index contributed by atoms with van der Waals surface area (Å²) < 4.78 is 0. The molecule has 3 amide bonds. The van der Waals surface area contributed by atoms with Crippen molar-refractivity contribution >= 4 is 46.4 Å². The van der Waals surface area contributed by atoms with E-state index in [2.05, 4.69) is 10.6 Å². The first-order chi connectivity index (χ1) is 16.1. The van der Waals surface area contributed by atoms with Crippen molar-refractivity contribution < 1.29 is 9.59 Å². The summed E-state index contributed by atoms with van der Waals surface area (Å²) in [4.78, 5) is 31.1. The Morgan fingerprint density at radius 3 is 2.32 bits per heavy atom. The van der Waals surface area contributed by atoms with Gasteiger partial charge in [0.15, 0.2) is 4.87 Å². The standard InChI is InChI=1S/C24H31N7O2S/c1-29(2)16-7-5-15(6-8-16)27-23(33)31-12-11-20-21(14-31)34-24(28-20,22(26)32)18-13-17(30(3)4)9-10-19(18)25/h5-10,13,28H,11-12,14,25H2,1-4H3,(H2,26,32)(H,27,33). The summed E-state index contributed by atoms with van der Waals surface area (Å²) in [6.07, 6.45) is 0.595. The molecule has 0 saturated carbocycles. The van der Waals surface area contributed by atoms with Crippen LogP contribution < -0.4 is 31.9 Å². The number of benzene rings is 2. The average molecular weight is 482 g/mol. The number of nitrogen functional groups attached to an aromatic ring is 1. The number of carbonyl (C=O) groups excluding carboxylic acids is 2. The van der Waals surface area contributed by atoms with Crippen LogP contribution in [-0.4, -0.2) is 58.1 Å². The van der Waals surface area contributed by atoms with Gasteiger partial charge < -0.3 is 36.8 Å². The molecule has 0 radical (unpaired) electrons. The highest BCUT2D eigenvalue weighted by atomic mass is 32.2. The molecule has 0 aromatic heterocycles. The van der Waals surface area contributed by atoms with Crippen molar-refractivity contribution in [2.24, 2.45) is 5.73 Å². The van der Waals surface area contributed by atoms with Crippen LogP contribution in [0.15, 0.2) is 53.1 Å². The molecule has 2 aromatic rings. The van der Waals surface area contributed by atoms with Crippen LogP contribution in [0.3, 0.4) is 0 Å². The first-order valence-corrected chi connectivity index (χ1v) is 11.8. The molecule has 0 bridgehead atoms. The molecule has 0 saturated heterocycles. The smallest absolute Gasteiger partial charge is 0.322 e. The van der Waals surface area contributed by atoms with Gasteiger partial charge in [-0.05, 0) is 42.5 Å².